The summed E-state index contributed by atoms with van der Waals surface area (Å²) in [6.07, 6.45) is 6.61. The van der Waals surface area contributed by atoms with Gasteiger partial charge in [0.2, 0.25) is 0 Å². The molecule has 210 valence electrons. The lowest BCUT2D eigenvalue weighted by atomic mass is 10.1. The van der Waals surface area contributed by atoms with Crippen molar-refractivity contribution in [2.45, 2.75) is 77.1 Å². The van der Waals surface area contributed by atoms with Crippen LogP contribution in [0.15, 0.2) is 60.5 Å². The number of ether oxygens (including phenoxy) is 3. The highest BCUT2D eigenvalue weighted by Gasteiger charge is 2.54. The van der Waals surface area contributed by atoms with Crippen LogP contribution in [0.1, 0.15) is 58.2 Å². The Balaban J connectivity index is 1.29. The monoisotopic (exact) mass is 560 g/mol. The van der Waals surface area contributed by atoms with E-state index in [0.717, 1.165) is 29.4 Å². The van der Waals surface area contributed by atoms with E-state index >= 15 is 0 Å². The molecule has 4 heterocycles. The van der Waals surface area contributed by atoms with Crippen LogP contribution in [0, 0.1) is 5.92 Å². The van der Waals surface area contributed by atoms with Gasteiger partial charge in [-0.05, 0) is 70.0 Å². The Kier molecular flexibility index (Phi) is 6.92. The molecule has 6 rings (SSSR count). The number of amides is 1. The normalized spacial score (nSPS) is 23.8. The van der Waals surface area contributed by atoms with Crippen molar-refractivity contribution in [3.63, 3.8) is 0 Å². The van der Waals surface area contributed by atoms with Crippen LogP contribution in [0.3, 0.4) is 0 Å². The number of carbonyl (C=O) groups is 1. The molecule has 9 heteroatoms. The predicted octanol–water partition coefficient (Wildman–Crippen LogP) is 6.36. The van der Waals surface area contributed by atoms with Crippen LogP contribution in [0.5, 0.6) is 0 Å². The number of nitrogens with zero attached hydrogens (tertiary/aromatic N) is 3. The van der Waals surface area contributed by atoms with Gasteiger partial charge in [-0.3, -0.25) is 0 Å². The van der Waals surface area contributed by atoms with Gasteiger partial charge in [-0.1, -0.05) is 30.3 Å². The van der Waals surface area contributed by atoms with Crippen LogP contribution in [0.2, 0.25) is 0 Å². The Bertz CT molecular complexity index is 1510. The topological polar surface area (TPSA) is 87.5 Å². The standard InChI is InChI=1S/C31H36N4O4S/c1-30(2,3)39-29(36)33-14-21-13-24(27-26(21)37-31(4,5)38-27)35-16-23(22-15-32-18-34-28(22)35)25-12-20(17-40-25)11-19-9-7-6-8-10-19/h6-10,12,15-18,21,24,26-27H,11,13-14H2,1-5H3,(H,33,36)/t21-,24-,26-,27+/m1/s1. The Morgan fingerprint density at radius 3 is 2.73 bits per heavy atom. The van der Waals surface area contributed by atoms with E-state index in [1.165, 1.54) is 16.0 Å². The minimum atomic E-state index is -0.709. The first-order valence-corrected chi connectivity index (χ1v) is 14.7. The quantitative estimate of drug-likeness (QED) is 0.295. The van der Waals surface area contributed by atoms with E-state index in [1.807, 2.05) is 46.9 Å². The summed E-state index contributed by atoms with van der Waals surface area (Å²) in [5, 5.41) is 6.20. The first-order chi connectivity index (χ1) is 19.1. The second-order valence-corrected chi connectivity index (χ2v) is 13.1. The number of carbonyl (C=O) groups excluding carboxylic acids is 1. The largest absolute Gasteiger partial charge is 0.444 e. The molecule has 40 heavy (non-hydrogen) atoms. The van der Waals surface area contributed by atoms with E-state index in [0.29, 0.717) is 6.54 Å². The summed E-state index contributed by atoms with van der Waals surface area (Å²) in [5.41, 5.74) is 4.02. The molecule has 8 nitrogen and oxygen atoms in total. The maximum atomic E-state index is 12.4. The fourth-order valence-electron chi connectivity index (χ4n) is 5.94. The molecule has 2 fully saturated rings. The number of hydrogen-bond acceptors (Lipinski definition) is 7. The van der Waals surface area contributed by atoms with Crippen LogP contribution in [0.25, 0.3) is 21.5 Å². The van der Waals surface area contributed by atoms with E-state index in [1.54, 1.807) is 17.7 Å². The number of rotatable bonds is 6. The molecular formula is C31H36N4O4S. The summed E-state index contributed by atoms with van der Waals surface area (Å²) < 4.78 is 20.5. The molecule has 4 aromatic rings. The minimum Gasteiger partial charge on any atom is -0.444 e. The van der Waals surface area contributed by atoms with Gasteiger partial charge >= 0.3 is 6.09 Å². The zero-order valence-corrected chi connectivity index (χ0v) is 24.4. The fourth-order valence-corrected chi connectivity index (χ4v) is 6.88. The zero-order chi connectivity index (χ0) is 28.1. The molecule has 1 aromatic carbocycles. The van der Waals surface area contributed by atoms with Gasteiger partial charge in [-0.15, -0.1) is 11.3 Å². The maximum absolute atomic E-state index is 12.4. The molecule has 1 aliphatic heterocycles. The molecule has 2 aliphatic rings. The van der Waals surface area contributed by atoms with Crippen LogP contribution in [-0.2, 0) is 20.6 Å². The Morgan fingerprint density at radius 2 is 1.95 bits per heavy atom. The van der Waals surface area contributed by atoms with Crippen molar-refractivity contribution in [3.05, 3.63) is 71.6 Å². The maximum Gasteiger partial charge on any atom is 0.407 e. The second kappa shape index (κ2) is 10.3. The van der Waals surface area contributed by atoms with E-state index in [2.05, 4.69) is 56.8 Å². The predicted molar refractivity (Wildman–Crippen MR) is 155 cm³/mol. The second-order valence-electron chi connectivity index (χ2n) is 12.2. The van der Waals surface area contributed by atoms with Crippen molar-refractivity contribution >= 4 is 28.5 Å². The Hall–Kier alpha value is -3.27. The highest BCUT2D eigenvalue weighted by atomic mass is 32.1. The van der Waals surface area contributed by atoms with E-state index in [4.69, 9.17) is 19.2 Å². The summed E-state index contributed by atoms with van der Waals surface area (Å²) in [4.78, 5) is 22.7. The van der Waals surface area contributed by atoms with Crippen LogP contribution in [-0.4, -0.2) is 50.8 Å². The van der Waals surface area contributed by atoms with Crippen molar-refractivity contribution in [1.82, 2.24) is 19.9 Å². The third kappa shape index (κ3) is 5.50. The van der Waals surface area contributed by atoms with Crippen molar-refractivity contribution < 1.29 is 19.0 Å². The molecule has 1 saturated carbocycles. The Morgan fingerprint density at radius 1 is 1.18 bits per heavy atom. The molecule has 0 bridgehead atoms. The number of fused-ring (bicyclic) bond motifs is 2. The van der Waals surface area contributed by atoms with E-state index < -0.39 is 17.5 Å². The molecule has 1 amide bonds. The van der Waals surface area contributed by atoms with E-state index in [-0.39, 0.29) is 24.2 Å². The van der Waals surface area contributed by atoms with Gasteiger partial charge in [-0.2, -0.15) is 0 Å². The van der Waals surface area contributed by atoms with Gasteiger partial charge in [0.1, 0.15) is 23.7 Å². The van der Waals surface area contributed by atoms with E-state index in [9.17, 15) is 4.79 Å². The van der Waals surface area contributed by atoms with Gasteiger partial charge in [0.15, 0.2) is 5.79 Å². The minimum absolute atomic E-state index is 0.00730. The number of thiophene rings is 1. The number of alkyl carbamates (subject to hydrolysis) is 1. The highest BCUT2D eigenvalue weighted by molar-refractivity contribution is 7.13. The summed E-state index contributed by atoms with van der Waals surface area (Å²) in [5.74, 6) is -0.648. The van der Waals surface area contributed by atoms with Crippen LogP contribution >= 0.6 is 11.3 Å². The molecule has 1 saturated heterocycles. The summed E-state index contributed by atoms with van der Waals surface area (Å²) in [7, 11) is 0. The van der Waals surface area contributed by atoms with Gasteiger partial charge in [0.05, 0.1) is 12.1 Å². The molecule has 1 N–H and O–H groups in total. The molecule has 0 spiro atoms. The molecule has 4 atom stereocenters. The first kappa shape index (κ1) is 26.9. The fraction of sp³-hybridized carbons (Fsp3) is 0.452. The average Bonchev–Trinajstić information content (AvgIpc) is 3.64. The van der Waals surface area contributed by atoms with Crippen molar-refractivity contribution in [2.75, 3.05) is 6.54 Å². The molecule has 0 radical (unpaired) electrons. The van der Waals surface area contributed by atoms with Gasteiger partial charge in [0, 0.05) is 40.7 Å². The lowest BCUT2D eigenvalue weighted by Crippen LogP contribution is -2.38. The molecule has 3 aromatic heterocycles. The smallest absolute Gasteiger partial charge is 0.407 e. The van der Waals surface area contributed by atoms with Crippen LogP contribution in [0.4, 0.5) is 4.79 Å². The number of nitrogens with one attached hydrogen (secondary N) is 1. The average molecular weight is 561 g/mol. The zero-order valence-electron chi connectivity index (χ0n) is 23.6. The van der Waals surface area contributed by atoms with Crippen molar-refractivity contribution in [3.8, 4) is 10.4 Å². The summed E-state index contributed by atoms with van der Waals surface area (Å²) in [6, 6.07) is 12.8. The SMILES string of the molecule is CC(C)(C)OC(=O)NC[C@H]1C[C@@H](n2cc(-c3cc(Cc4ccccc4)cs3)c3cncnc32)[C@@H]2OC(C)(C)O[C@H]12. The summed E-state index contributed by atoms with van der Waals surface area (Å²) in [6.45, 7) is 9.92. The van der Waals surface area contributed by atoms with Gasteiger partial charge in [0.25, 0.3) is 0 Å². The van der Waals surface area contributed by atoms with Crippen molar-refractivity contribution in [2.24, 2.45) is 5.92 Å². The summed E-state index contributed by atoms with van der Waals surface area (Å²) >= 11 is 1.74. The molecular weight excluding hydrogens is 524 g/mol. The first-order valence-electron chi connectivity index (χ1n) is 13.8. The Labute approximate surface area is 238 Å². The number of aromatic nitrogens is 3. The third-order valence-corrected chi connectivity index (χ3v) is 8.49. The van der Waals surface area contributed by atoms with Gasteiger partial charge in [-0.25, -0.2) is 14.8 Å². The lowest BCUT2D eigenvalue weighted by Gasteiger charge is -2.25. The van der Waals surface area contributed by atoms with Crippen molar-refractivity contribution in [1.29, 1.82) is 0 Å². The molecule has 0 unspecified atom stereocenters. The van der Waals surface area contributed by atoms with Crippen LogP contribution < -0.4 is 5.32 Å². The molecule has 1 aliphatic carbocycles. The number of hydrogen-bond donors (Lipinski definition) is 1. The van der Waals surface area contributed by atoms with Gasteiger partial charge < -0.3 is 24.1 Å². The highest BCUT2D eigenvalue weighted by Crippen LogP contribution is 2.48. The third-order valence-electron chi connectivity index (χ3n) is 7.48. The lowest BCUT2D eigenvalue weighted by molar-refractivity contribution is -0.160. The number of benzene rings is 1.